The number of carbonyl (C=O) groups is 1. The smallest absolute Gasteiger partial charge is 0.255 e. The number of anilines is 2. The van der Waals surface area contributed by atoms with Crippen LogP contribution in [0, 0.1) is 0 Å². The fourth-order valence-corrected chi connectivity index (χ4v) is 5.45. The normalized spacial score (nSPS) is 16.9. The van der Waals surface area contributed by atoms with Gasteiger partial charge in [0.2, 0.25) is 10.0 Å². The van der Waals surface area contributed by atoms with E-state index in [2.05, 4.69) is 5.32 Å². The Hall–Kier alpha value is -2.39. The highest BCUT2D eigenvalue weighted by atomic mass is 32.2. The van der Waals surface area contributed by atoms with Gasteiger partial charge in [-0.3, -0.25) is 9.10 Å². The molecule has 0 spiro atoms. The summed E-state index contributed by atoms with van der Waals surface area (Å²) in [5, 5.41) is 2.63. The first-order valence-electron chi connectivity index (χ1n) is 8.21. The van der Waals surface area contributed by atoms with E-state index in [-0.39, 0.29) is 16.6 Å². The Labute approximate surface area is 159 Å². The van der Waals surface area contributed by atoms with Gasteiger partial charge in [-0.05, 0) is 49.2 Å². The number of carbonyl (C=O) groups excluding carboxylic acids is 1. The number of sulfonamides is 1. The number of fused-ring (bicyclic) bond motifs is 1. The molecule has 0 bridgehead atoms. The van der Waals surface area contributed by atoms with Gasteiger partial charge in [-0.25, -0.2) is 16.8 Å². The summed E-state index contributed by atoms with van der Waals surface area (Å²) in [5.41, 5.74) is 1.87. The van der Waals surface area contributed by atoms with Crippen molar-refractivity contribution in [1.29, 1.82) is 0 Å². The number of nitrogens with zero attached hydrogens (tertiary/aromatic N) is 1. The zero-order chi connectivity index (χ0) is 20.0. The molecule has 7 nitrogen and oxygen atoms in total. The largest absolute Gasteiger partial charge is 0.321 e. The van der Waals surface area contributed by atoms with Crippen LogP contribution in [-0.4, -0.2) is 41.3 Å². The second-order valence-electron chi connectivity index (χ2n) is 6.68. The van der Waals surface area contributed by atoms with Crippen LogP contribution >= 0.6 is 0 Å². The maximum Gasteiger partial charge on any atom is 0.255 e. The maximum absolute atomic E-state index is 12.6. The molecule has 2 aromatic rings. The second-order valence-corrected chi connectivity index (χ2v) is 10.5. The van der Waals surface area contributed by atoms with Crippen molar-refractivity contribution in [3.8, 4) is 0 Å². The van der Waals surface area contributed by atoms with Crippen molar-refractivity contribution in [3.05, 3.63) is 53.6 Å². The van der Waals surface area contributed by atoms with E-state index in [1.165, 1.54) is 22.5 Å². The summed E-state index contributed by atoms with van der Waals surface area (Å²) in [6.07, 6.45) is 2.74. The number of para-hydroxylation sites is 1. The molecule has 0 saturated heterocycles. The van der Waals surface area contributed by atoms with Crippen LogP contribution in [0.25, 0.3) is 0 Å². The summed E-state index contributed by atoms with van der Waals surface area (Å²) in [7, 11) is -6.89. The zero-order valence-corrected chi connectivity index (χ0v) is 16.8. The Morgan fingerprint density at radius 2 is 1.74 bits per heavy atom. The molecule has 0 radical (unpaired) electrons. The van der Waals surface area contributed by atoms with E-state index in [1.54, 1.807) is 24.3 Å². The number of amides is 1. The monoisotopic (exact) mass is 408 g/mol. The van der Waals surface area contributed by atoms with Crippen molar-refractivity contribution in [2.75, 3.05) is 22.1 Å². The van der Waals surface area contributed by atoms with Gasteiger partial charge < -0.3 is 5.32 Å². The predicted molar refractivity (Wildman–Crippen MR) is 104 cm³/mol. The van der Waals surface area contributed by atoms with Gasteiger partial charge in [-0.1, -0.05) is 12.1 Å². The molecule has 2 aromatic carbocycles. The highest BCUT2D eigenvalue weighted by Crippen LogP contribution is 2.35. The average molecular weight is 409 g/mol. The molecule has 27 heavy (non-hydrogen) atoms. The molecular weight excluding hydrogens is 388 g/mol. The van der Waals surface area contributed by atoms with Crippen LogP contribution in [-0.2, 0) is 26.3 Å². The third-order valence-corrected chi connectivity index (χ3v) is 6.81. The Morgan fingerprint density at radius 1 is 1.07 bits per heavy atom. The van der Waals surface area contributed by atoms with Crippen LogP contribution in [0.2, 0.25) is 0 Å². The third-order valence-electron chi connectivity index (χ3n) is 4.39. The van der Waals surface area contributed by atoms with Crippen LogP contribution in [0.3, 0.4) is 0 Å². The second kappa shape index (κ2) is 6.65. The van der Waals surface area contributed by atoms with Gasteiger partial charge in [0, 0.05) is 17.9 Å². The van der Waals surface area contributed by atoms with Gasteiger partial charge in [0.15, 0.2) is 9.84 Å². The van der Waals surface area contributed by atoms with Gasteiger partial charge >= 0.3 is 0 Å². The van der Waals surface area contributed by atoms with Crippen molar-refractivity contribution >= 4 is 37.1 Å². The molecule has 0 fully saturated rings. The van der Waals surface area contributed by atoms with E-state index in [0.29, 0.717) is 17.7 Å². The number of rotatable bonds is 4. The molecule has 9 heteroatoms. The zero-order valence-electron chi connectivity index (χ0n) is 15.1. The summed E-state index contributed by atoms with van der Waals surface area (Å²) in [5.74, 6) is -0.459. The van der Waals surface area contributed by atoms with Crippen molar-refractivity contribution in [2.45, 2.75) is 24.3 Å². The van der Waals surface area contributed by atoms with Gasteiger partial charge in [-0.15, -0.1) is 0 Å². The van der Waals surface area contributed by atoms with Crippen LogP contribution in [0.5, 0.6) is 0 Å². The van der Waals surface area contributed by atoms with Crippen LogP contribution in [0.15, 0.2) is 47.4 Å². The predicted octanol–water partition coefficient (Wildman–Crippen LogP) is 2.05. The number of hydrogen-bond donors (Lipinski definition) is 1. The Kier molecular flexibility index (Phi) is 4.77. The van der Waals surface area contributed by atoms with Crippen LogP contribution in [0.1, 0.15) is 22.8 Å². The van der Waals surface area contributed by atoms with Gasteiger partial charge in [0.25, 0.3) is 5.91 Å². The Bertz CT molecular complexity index is 1120. The standard InChI is InChI=1S/C18H20N2O5S2/c1-12-10-14-11-13(8-9-16(14)20(12)27(3,24)25)18(21)19-15-6-4-5-7-17(15)26(2,22)23/h4-9,11-12H,10H2,1-3H3,(H,19,21). The van der Waals surface area contributed by atoms with E-state index in [4.69, 9.17) is 0 Å². The number of hydrogen-bond acceptors (Lipinski definition) is 5. The summed E-state index contributed by atoms with van der Waals surface area (Å²) in [6.45, 7) is 1.81. The molecular formula is C18H20N2O5S2. The van der Waals surface area contributed by atoms with Crippen molar-refractivity contribution < 1.29 is 21.6 Å². The van der Waals surface area contributed by atoms with E-state index < -0.39 is 25.8 Å². The fraction of sp³-hybridized carbons (Fsp3) is 0.278. The lowest BCUT2D eigenvalue weighted by atomic mass is 10.1. The molecule has 1 aliphatic heterocycles. The van der Waals surface area contributed by atoms with Gasteiger partial charge in [-0.2, -0.15) is 0 Å². The molecule has 1 heterocycles. The van der Waals surface area contributed by atoms with Crippen LogP contribution < -0.4 is 9.62 Å². The number of benzene rings is 2. The minimum atomic E-state index is -3.49. The molecule has 0 aromatic heterocycles. The van der Waals surface area contributed by atoms with E-state index in [9.17, 15) is 21.6 Å². The quantitative estimate of drug-likeness (QED) is 0.834. The summed E-state index contributed by atoms with van der Waals surface area (Å²) < 4.78 is 49.1. The minimum Gasteiger partial charge on any atom is -0.321 e. The van der Waals surface area contributed by atoms with E-state index >= 15 is 0 Å². The first-order chi connectivity index (χ1) is 12.5. The van der Waals surface area contributed by atoms with Crippen LogP contribution in [0.4, 0.5) is 11.4 Å². The number of sulfone groups is 1. The number of nitrogens with one attached hydrogen (secondary N) is 1. The molecule has 1 amide bonds. The van der Waals surface area contributed by atoms with Crippen molar-refractivity contribution in [2.24, 2.45) is 0 Å². The lowest BCUT2D eigenvalue weighted by molar-refractivity contribution is 0.102. The molecule has 1 N–H and O–H groups in total. The van der Waals surface area contributed by atoms with Gasteiger partial charge in [0.05, 0.1) is 22.5 Å². The summed E-state index contributed by atoms with van der Waals surface area (Å²) in [4.78, 5) is 12.7. The summed E-state index contributed by atoms with van der Waals surface area (Å²) >= 11 is 0. The average Bonchev–Trinajstić information content (AvgIpc) is 2.89. The maximum atomic E-state index is 12.6. The van der Waals surface area contributed by atoms with E-state index in [1.807, 2.05) is 6.92 Å². The first kappa shape index (κ1) is 19.4. The van der Waals surface area contributed by atoms with Crippen molar-refractivity contribution in [1.82, 2.24) is 0 Å². The molecule has 1 aliphatic rings. The fourth-order valence-electron chi connectivity index (χ4n) is 3.34. The Balaban J connectivity index is 1.92. The highest BCUT2D eigenvalue weighted by Gasteiger charge is 2.32. The lowest BCUT2D eigenvalue weighted by Gasteiger charge is -2.21. The molecule has 3 rings (SSSR count). The SMILES string of the molecule is CC1Cc2cc(C(=O)Nc3ccccc3S(C)(=O)=O)ccc2N1S(C)(=O)=O. The topological polar surface area (TPSA) is 101 Å². The van der Waals surface area contributed by atoms with Gasteiger partial charge in [0.1, 0.15) is 0 Å². The minimum absolute atomic E-state index is 0.0383. The van der Waals surface area contributed by atoms with E-state index in [0.717, 1.165) is 18.1 Å². The molecule has 1 unspecified atom stereocenters. The lowest BCUT2D eigenvalue weighted by Crippen LogP contribution is -2.34. The third kappa shape index (κ3) is 3.84. The highest BCUT2D eigenvalue weighted by molar-refractivity contribution is 7.92. The molecule has 1 atom stereocenters. The Morgan fingerprint density at radius 3 is 2.37 bits per heavy atom. The van der Waals surface area contributed by atoms with Crippen molar-refractivity contribution in [3.63, 3.8) is 0 Å². The summed E-state index contributed by atoms with van der Waals surface area (Å²) in [6, 6.07) is 10.7. The molecule has 144 valence electrons. The molecule has 0 saturated carbocycles. The first-order valence-corrected chi connectivity index (χ1v) is 12.0. The molecule has 0 aliphatic carbocycles.